The van der Waals surface area contributed by atoms with E-state index in [9.17, 15) is 9.59 Å². The van der Waals surface area contributed by atoms with E-state index in [0.717, 1.165) is 49.8 Å². The first-order chi connectivity index (χ1) is 13.1. The first-order valence-corrected chi connectivity index (χ1v) is 9.94. The molecule has 2 aromatic carbocycles. The van der Waals surface area contributed by atoms with E-state index in [0.29, 0.717) is 13.1 Å². The summed E-state index contributed by atoms with van der Waals surface area (Å²) in [6, 6.07) is 14.5. The van der Waals surface area contributed by atoms with Crippen LogP contribution in [0.5, 0.6) is 0 Å². The van der Waals surface area contributed by atoms with Crippen LogP contribution in [-0.2, 0) is 4.79 Å². The number of amides is 3. The lowest BCUT2D eigenvalue weighted by molar-refractivity contribution is -0.123. The van der Waals surface area contributed by atoms with E-state index in [1.807, 2.05) is 35.0 Å². The number of hydrogen-bond donors (Lipinski definition) is 0. The number of carbonyl (C=O) groups is 2. The van der Waals surface area contributed by atoms with Crippen molar-refractivity contribution in [2.75, 3.05) is 38.1 Å². The van der Waals surface area contributed by atoms with Crippen molar-refractivity contribution in [3.05, 3.63) is 42.5 Å². The maximum absolute atomic E-state index is 13.0. The average Bonchev–Trinajstić information content (AvgIpc) is 3.27. The molecule has 2 aliphatic heterocycles. The Balaban J connectivity index is 1.38. The Morgan fingerprint density at radius 1 is 0.889 bits per heavy atom. The molecule has 0 unspecified atom stereocenters. The Hall–Kier alpha value is -2.56. The maximum atomic E-state index is 13.0. The fourth-order valence-corrected chi connectivity index (χ4v) is 4.21. The third kappa shape index (κ3) is 3.64. The minimum Gasteiger partial charge on any atom is -0.325 e. The number of urea groups is 1. The first-order valence-electron chi connectivity index (χ1n) is 9.94. The van der Waals surface area contributed by atoms with Gasteiger partial charge in [-0.3, -0.25) is 4.79 Å². The number of benzene rings is 2. The summed E-state index contributed by atoms with van der Waals surface area (Å²) in [6.45, 7) is 3.11. The highest BCUT2D eigenvalue weighted by Crippen LogP contribution is 2.26. The number of nitrogens with zero attached hydrogens (tertiary/aromatic N) is 3. The van der Waals surface area contributed by atoms with E-state index in [1.165, 1.54) is 5.39 Å². The second-order valence-electron chi connectivity index (χ2n) is 7.67. The Morgan fingerprint density at radius 2 is 1.52 bits per heavy atom. The van der Waals surface area contributed by atoms with Gasteiger partial charge in [0.1, 0.15) is 0 Å². The molecule has 0 radical (unpaired) electrons. The molecule has 142 valence electrons. The van der Waals surface area contributed by atoms with E-state index in [2.05, 4.69) is 24.3 Å². The summed E-state index contributed by atoms with van der Waals surface area (Å²) in [5.74, 6) is 0.141. The third-order valence-electron chi connectivity index (χ3n) is 5.94. The SMILES string of the molecule is CN(C(=O)C1CCN(C(=O)N2CCCC2)CC1)c1ccc2ccccc2c1. The van der Waals surface area contributed by atoms with Gasteiger partial charge in [0, 0.05) is 44.8 Å². The summed E-state index contributed by atoms with van der Waals surface area (Å²) in [7, 11) is 1.86. The van der Waals surface area contributed by atoms with Crippen LogP contribution in [0.2, 0.25) is 0 Å². The highest BCUT2D eigenvalue weighted by atomic mass is 16.2. The highest BCUT2D eigenvalue weighted by Gasteiger charge is 2.31. The Morgan fingerprint density at radius 3 is 2.22 bits per heavy atom. The molecule has 4 rings (SSSR count). The summed E-state index contributed by atoms with van der Waals surface area (Å²) in [5, 5.41) is 2.32. The predicted molar refractivity (Wildman–Crippen MR) is 108 cm³/mol. The number of piperidine rings is 1. The van der Waals surface area contributed by atoms with Gasteiger partial charge in [-0.05, 0) is 48.6 Å². The molecule has 5 nitrogen and oxygen atoms in total. The summed E-state index contributed by atoms with van der Waals surface area (Å²) in [6.07, 6.45) is 3.71. The van der Waals surface area contributed by atoms with Gasteiger partial charge in [-0.25, -0.2) is 4.79 Å². The molecule has 0 spiro atoms. The first kappa shape index (κ1) is 17.8. The van der Waals surface area contributed by atoms with Gasteiger partial charge >= 0.3 is 6.03 Å². The molecule has 0 atom stereocenters. The van der Waals surface area contributed by atoms with Gasteiger partial charge in [0.2, 0.25) is 5.91 Å². The van der Waals surface area contributed by atoms with E-state index < -0.39 is 0 Å². The van der Waals surface area contributed by atoms with Crippen LogP contribution >= 0.6 is 0 Å². The van der Waals surface area contributed by atoms with Crippen LogP contribution in [0.4, 0.5) is 10.5 Å². The highest BCUT2D eigenvalue weighted by molar-refractivity contribution is 5.97. The van der Waals surface area contributed by atoms with Gasteiger partial charge in [0.15, 0.2) is 0 Å². The van der Waals surface area contributed by atoms with Crippen molar-refractivity contribution < 1.29 is 9.59 Å². The Bertz CT molecular complexity index is 836. The molecule has 2 aliphatic rings. The number of rotatable bonds is 2. The van der Waals surface area contributed by atoms with Gasteiger partial charge in [-0.15, -0.1) is 0 Å². The fraction of sp³-hybridized carbons (Fsp3) is 0.455. The molecule has 0 aliphatic carbocycles. The van der Waals surface area contributed by atoms with Gasteiger partial charge in [-0.1, -0.05) is 30.3 Å². The van der Waals surface area contributed by atoms with Crippen molar-refractivity contribution in [2.24, 2.45) is 5.92 Å². The van der Waals surface area contributed by atoms with Crippen LogP contribution in [0, 0.1) is 5.92 Å². The van der Waals surface area contributed by atoms with Gasteiger partial charge < -0.3 is 14.7 Å². The van der Waals surface area contributed by atoms with E-state index in [4.69, 9.17) is 0 Å². The lowest BCUT2D eigenvalue weighted by Crippen LogP contribution is -2.48. The number of hydrogen-bond acceptors (Lipinski definition) is 2. The van der Waals surface area contributed by atoms with E-state index in [-0.39, 0.29) is 17.9 Å². The van der Waals surface area contributed by atoms with Gasteiger partial charge in [-0.2, -0.15) is 0 Å². The number of carbonyl (C=O) groups excluding carboxylic acids is 2. The lowest BCUT2D eigenvalue weighted by Gasteiger charge is -2.35. The minimum absolute atomic E-state index is 0.0101. The van der Waals surface area contributed by atoms with Crippen LogP contribution < -0.4 is 4.90 Å². The van der Waals surface area contributed by atoms with Crippen LogP contribution in [-0.4, -0.2) is 55.0 Å². The van der Waals surface area contributed by atoms with Gasteiger partial charge in [0.05, 0.1) is 0 Å². The molecule has 27 heavy (non-hydrogen) atoms. The van der Waals surface area contributed by atoms with Crippen LogP contribution in [0.25, 0.3) is 10.8 Å². The molecule has 3 amide bonds. The van der Waals surface area contributed by atoms with E-state index in [1.54, 1.807) is 4.90 Å². The largest absolute Gasteiger partial charge is 0.325 e. The van der Waals surface area contributed by atoms with Crippen molar-refractivity contribution in [3.63, 3.8) is 0 Å². The molecule has 2 heterocycles. The Labute approximate surface area is 160 Å². The second kappa shape index (κ2) is 7.59. The molecule has 2 fully saturated rings. The van der Waals surface area contributed by atoms with Gasteiger partial charge in [0.25, 0.3) is 0 Å². The van der Waals surface area contributed by atoms with Crippen molar-refractivity contribution >= 4 is 28.4 Å². The molecule has 0 aromatic heterocycles. The molecule has 0 bridgehead atoms. The molecule has 0 saturated carbocycles. The predicted octanol–water partition coefficient (Wildman–Crippen LogP) is 3.73. The molecular formula is C22H27N3O2. The summed E-state index contributed by atoms with van der Waals surface area (Å²) >= 11 is 0. The molecular weight excluding hydrogens is 338 g/mol. The zero-order chi connectivity index (χ0) is 18.8. The molecule has 5 heteroatoms. The topological polar surface area (TPSA) is 43.9 Å². The monoisotopic (exact) mass is 365 g/mol. The van der Waals surface area contributed by atoms with Crippen molar-refractivity contribution in [2.45, 2.75) is 25.7 Å². The summed E-state index contributed by atoms with van der Waals surface area (Å²) < 4.78 is 0. The fourth-order valence-electron chi connectivity index (χ4n) is 4.21. The standard InChI is InChI=1S/C22H27N3O2/c1-23(20-9-8-17-6-2-3-7-19(17)16-20)21(26)18-10-14-25(15-11-18)22(27)24-12-4-5-13-24/h2-3,6-9,16,18H,4-5,10-15H2,1H3. The second-order valence-corrected chi connectivity index (χ2v) is 7.67. The summed E-state index contributed by atoms with van der Waals surface area (Å²) in [4.78, 5) is 31.1. The number of fused-ring (bicyclic) bond motifs is 1. The molecule has 0 N–H and O–H groups in total. The zero-order valence-electron chi connectivity index (χ0n) is 15.9. The lowest BCUT2D eigenvalue weighted by atomic mass is 9.95. The smallest absolute Gasteiger partial charge is 0.319 e. The van der Waals surface area contributed by atoms with Crippen LogP contribution in [0.15, 0.2) is 42.5 Å². The van der Waals surface area contributed by atoms with E-state index >= 15 is 0 Å². The number of anilines is 1. The Kier molecular flexibility index (Phi) is 5.01. The van der Waals surface area contributed by atoms with Crippen molar-refractivity contribution in [1.82, 2.24) is 9.80 Å². The van der Waals surface area contributed by atoms with Crippen molar-refractivity contribution in [3.8, 4) is 0 Å². The molecule has 2 aromatic rings. The minimum atomic E-state index is -0.0101. The van der Waals surface area contributed by atoms with Crippen LogP contribution in [0.1, 0.15) is 25.7 Å². The molecule has 2 saturated heterocycles. The zero-order valence-corrected chi connectivity index (χ0v) is 15.9. The quantitative estimate of drug-likeness (QED) is 0.814. The maximum Gasteiger partial charge on any atom is 0.319 e. The normalized spacial score (nSPS) is 18.1. The van der Waals surface area contributed by atoms with Crippen LogP contribution in [0.3, 0.4) is 0 Å². The average molecular weight is 365 g/mol. The number of likely N-dealkylation sites (tertiary alicyclic amines) is 2. The third-order valence-corrected chi connectivity index (χ3v) is 5.94. The van der Waals surface area contributed by atoms with Crippen molar-refractivity contribution in [1.29, 1.82) is 0 Å². The summed E-state index contributed by atoms with van der Waals surface area (Å²) in [5.41, 5.74) is 0.925.